The van der Waals surface area contributed by atoms with Crippen LogP contribution in [0.3, 0.4) is 0 Å². The predicted octanol–water partition coefficient (Wildman–Crippen LogP) is 2.22. The molecule has 0 bridgehead atoms. The number of nitrogens with one attached hydrogen (secondary N) is 2. The molecule has 1 saturated heterocycles. The van der Waals surface area contributed by atoms with Crippen molar-refractivity contribution < 1.29 is 4.74 Å². The number of hydrogen-bond acceptors (Lipinski definition) is 5. The summed E-state index contributed by atoms with van der Waals surface area (Å²) in [6.07, 6.45) is 0. The smallest absolute Gasteiger partial charge is 0.191 e. The van der Waals surface area contributed by atoms with Crippen LogP contribution >= 0.6 is 24.0 Å². The lowest BCUT2D eigenvalue weighted by atomic mass is 10.0. The number of hydrogen-bond donors (Lipinski definition) is 2. The van der Waals surface area contributed by atoms with Gasteiger partial charge in [0.1, 0.15) is 12.4 Å². The monoisotopic (exact) mass is 541 g/mol. The first-order chi connectivity index (χ1) is 14.5. The van der Waals surface area contributed by atoms with Crippen molar-refractivity contribution in [2.75, 3.05) is 45.9 Å². The Morgan fingerprint density at radius 1 is 1.13 bits per heavy atom. The van der Waals surface area contributed by atoms with Crippen LogP contribution in [0.5, 0.6) is 0 Å². The minimum atomic E-state index is 0. The molecule has 1 atom stereocenters. The highest BCUT2D eigenvalue weighted by molar-refractivity contribution is 14.0. The van der Waals surface area contributed by atoms with E-state index in [0.29, 0.717) is 12.5 Å². The first-order valence-corrected chi connectivity index (χ1v) is 10.8. The number of benzene rings is 1. The molecule has 172 valence electrons. The molecular formula is C22H36IN7O. The topological polar surface area (TPSA) is 79.6 Å². The number of nitrogens with zero attached hydrogens (tertiary/aromatic N) is 5. The van der Waals surface area contributed by atoms with Crippen LogP contribution in [0, 0.1) is 13.8 Å². The molecule has 0 spiro atoms. The summed E-state index contributed by atoms with van der Waals surface area (Å²) in [5.74, 6) is 2.94. The van der Waals surface area contributed by atoms with Gasteiger partial charge in [0.25, 0.3) is 0 Å². The molecule has 2 heterocycles. The molecule has 9 heteroatoms. The van der Waals surface area contributed by atoms with Crippen molar-refractivity contribution in [3.63, 3.8) is 0 Å². The number of aliphatic imine (C=N–C) groups is 1. The number of ether oxygens (including phenoxy) is 1. The highest BCUT2D eigenvalue weighted by Gasteiger charge is 2.11. The zero-order valence-corrected chi connectivity index (χ0v) is 21.4. The largest absolute Gasteiger partial charge is 0.379 e. The van der Waals surface area contributed by atoms with Gasteiger partial charge >= 0.3 is 0 Å². The third kappa shape index (κ3) is 8.04. The fraction of sp³-hybridized carbons (Fsp3) is 0.591. The van der Waals surface area contributed by atoms with Crippen molar-refractivity contribution in [3.05, 3.63) is 47.0 Å². The number of aromatic nitrogens is 3. The Bertz CT molecular complexity index is 816. The molecule has 2 N–H and O–H groups in total. The van der Waals surface area contributed by atoms with E-state index < -0.39 is 0 Å². The minimum Gasteiger partial charge on any atom is -0.379 e. The molecule has 2 aromatic rings. The van der Waals surface area contributed by atoms with Crippen LogP contribution < -0.4 is 10.6 Å². The maximum atomic E-state index is 5.43. The van der Waals surface area contributed by atoms with Crippen LogP contribution in [-0.4, -0.2) is 71.6 Å². The lowest BCUT2D eigenvalue weighted by Crippen LogP contribution is -2.45. The third-order valence-electron chi connectivity index (χ3n) is 5.61. The zero-order valence-electron chi connectivity index (χ0n) is 19.1. The van der Waals surface area contributed by atoms with Crippen molar-refractivity contribution in [2.45, 2.75) is 33.2 Å². The molecule has 1 aromatic carbocycles. The van der Waals surface area contributed by atoms with E-state index in [4.69, 9.17) is 9.73 Å². The molecule has 1 aliphatic heterocycles. The van der Waals surface area contributed by atoms with Crippen LogP contribution in [0.25, 0.3) is 0 Å². The average Bonchev–Trinajstić information content (AvgIpc) is 3.08. The first-order valence-electron chi connectivity index (χ1n) is 10.8. The van der Waals surface area contributed by atoms with Crippen LogP contribution in [-0.2, 0) is 18.3 Å². The summed E-state index contributed by atoms with van der Waals surface area (Å²) in [4.78, 5) is 7.17. The molecule has 8 nitrogen and oxygen atoms in total. The van der Waals surface area contributed by atoms with E-state index in [2.05, 4.69) is 63.8 Å². The predicted molar refractivity (Wildman–Crippen MR) is 135 cm³/mol. The molecule has 0 aliphatic carbocycles. The molecule has 31 heavy (non-hydrogen) atoms. The molecule has 1 fully saturated rings. The summed E-state index contributed by atoms with van der Waals surface area (Å²) in [5.41, 5.74) is 2.61. The summed E-state index contributed by atoms with van der Waals surface area (Å²) in [7, 11) is 1.97. The molecule has 0 radical (unpaired) electrons. The van der Waals surface area contributed by atoms with Crippen molar-refractivity contribution >= 4 is 29.9 Å². The second-order valence-electron chi connectivity index (χ2n) is 7.96. The minimum absolute atomic E-state index is 0. The van der Waals surface area contributed by atoms with Gasteiger partial charge in [0, 0.05) is 39.8 Å². The number of morpholine rings is 1. The number of guanidine groups is 1. The first kappa shape index (κ1) is 25.5. The van der Waals surface area contributed by atoms with E-state index in [1.54, 1.807) is 0 Å². The lowest BCUT2D eigenvalue weighted by Gasteiger charge is -2.27. The van der Waals surface area contributed by atoms with Gasteiger partial charge in [-0.15, -0.1) is 34.2 Å². The van der Waals surface area contributed by atoms with Gasteiger partial charge in [0.05, 0.1) is 13.2 Å². The Balaban J connectivity index is 0.00000341. The quantitative estimate of drug-likeness (QED) is 0.303. The number of rotatable bonds is 8. The van der Waals surface area contributed by atoms with Crippen molar-refractivity contribution in [1.29, 1.82) is 0 Å². The van der Waals surface area contributed by atoms with Gasteiger partial charge in [0.2, 0.25) is 0 Å². The van der Waals surface area contributed by atoms with E-state index in [1.165, 1.54) is 11.1 Å². The van der Waals surface area contributed by atoms with Gasteiger partial charge in [-0.1, -0.05) is 36.8 Å². The van der Waals surface area contributed by atoms with Gasteiger partial charge in [-0.3, -0.25) is 4.90 Å². The Hall–Kier alpha value is -1.72. The molecule has 0 saturated carbocycles. The second kappa shape index (κ2) is 13.0. The maximum Gasteiger partial charge on any atom is 0.191 e. The van der Waals surface area contributed by atoms with Crippen molar-refractivity contribution in [2.24, 2.45) is 12.0 Å². The molecule has 1 aliphatic rings. The summed E-state index contributed by atoms with van der Waals surface area (Å²) < 4.78 is 7.40. The highest BCUT2D eigenvalue weighted by atomic mass is 127. The Morgan fingerprint density at radius 2 is 1.84 bits per heavy atom. The molecule has 1 unspecified atom stereocenters. The zero-order chi connectivity index (χ0) is 21.3. The van der Waals surface area contributed by atoms with Crippen LogP contribution in [0.15, 0.2) is 29.3 Å². The van der Waals surface area contributed by atoms with Crippen LogP contribution in [0.4, 0.5) is 0 Å². The van der Waals surface area contributed by atoms with E-state index in [-0.39, 0.29) is 24.0 Å². The summed E-state index contributed by atoms with van der Waals surface area (Å²) >= 11 is 0. The summed E-state index contributed by atoms with van der Waals surface area (Å²) in [5, 5.41) is 15.3. The SMILES string of the molecule is Cc1ccc(C(C)CNC(=NCc2nnc(C)n2C)NCCN2CCOCC2)cc1.I. The second-order valence-corrected chi connectivity index (χ2v) is 7.96. The molecule has 1 aromatic heterocycles. The number of halogens is 1. The van der Waals surface area contributed by atoms with E-state index in [1.807, 2.05) is 18.5 Å². The van der Waals surface area contributed by atoms with Gasteiger partial charge in [-0.25, -0.2) is 4.99 Å². The van der Waals surface area contributed by atoms with Gasteiger partial charge in [0.15, 0.2) is 11.8 Å². The maximum absolute atomic E-state index is 5.43. The van der Waals surface area contributed by atoms with Gasteiger partial charge < -0.3 is 19.9 Å². The van der Waals surface area contributed by atoms with Gasteiger partial charge in [-0.05, 0) is 25.3 Å². The van der Waals surface area contributed by atoms with Crippen LogP contribution in [0.2, 0.25) is 0 Å². The van der Waals surface area contributed by atoms with E-state index in [9.17, 15) is 0 Å². The number of aryl methyl sites for hydroxylation is 2. The van der Waals surface area contributed by atoms with Crippen molar-refractivity contribution in [3.8, 4) is 0 Å². The van der Waals surface area contributed by atoms with Crippen molar-refractivity contribution in [1.82, 2.24) is 30.3 Å². The summed E-state index contributed by atoms with van der Waals surface area (Å²) in [6.45, 7) is 13.0. The fourth-order valence-electron chi connectivity index (χ4n) is 3.33. The Kier molecular flexibility index (Phi) is 10.7. The van der Waals surface area contributed by atoms with Crippen LogP contribution in [0.1, 0.15) is 35.6 Å². The average molecular weight is 541 g/mol. The molecular weight excluding hydrogens is 505 g/mol. The normalized spacial score (nSPS) is 15.9. The standard InChI is InChI=1S/C22H35N7O.HI/c1-17-5-7-20(8-6-17)18(2)15-24-22(23-9-10-29-11-13-30-14-12-29)25-16-21-27-26-19(3)28(21)4;/h5-8,18H,9-16H2,1-4H3,(H2,23,24,25);1H. The Labute approximate surface area is 202 Å². The molecule has 3 rings (SSSR count). The lowest BCUT2D eigenvalue weighted by molar-refractivity contribution is 0.0389. The van der Waals surface area contributed by atoms with E-state index in [0.717, 1.165) is 63.5 Å². The summed E-state index contributed by atoms with van der Waals surface area (Å²) in [6, 6.07) is 8.73. The fourth-order valence-corrected chi connectivity index (χ4v) is 3.33. The van der Waals surface area contributed by atoms with E-state index >= 15 is 0 Å². The Morgan fingerprint density at radius 3 is 2.48 bits per heavy atom. The third-order valence-corrected chi connectivity index (χ3v) is 5.61. The highest BCUT2D eigenvalue weighted by Crippen LogP contribution is 2.14. The van der Waals surface area contributed by atoms with Gasteiger partial charge in [-0.2, -0.15) is 0 Å². The molecule has 0 amide bonds.